The number of ether oxygens (including phenoxy) is 1. The molecule has 3 aromatic rings. The molecule has 0 aliphatic carbocycles. The zero-order chi connectivity index (χ0) is 17.6. The van der Waals surface area contributed by atoms with E-state index in [0.29, 0.717) is 18.3 Å². The van der Waals surface area contributed by atoms with Gasteiger partial charge in [0, 0.05) is 13.6 Å². The summed E-state index contributed by atoms with van der Waals surface area (Å²) in [5, 5.41) is 9.32. The number of nitriles is 1. The van der Waals surface area contributed by atoms with Gasteiger partial charge >= 0.3 is 0 Å². The average molecular weight is 333 g/mol. The molecule has 1 aromatic heterocycles. The largest absolute Gasteiger partial charge is 0.484 e. The lowest BCUT2D eigenvalue weighted by Crippen LogP contribution is -2.16. The maximum absolute atomic E-state index is 9.32. The number of hydrogen-bond acceptors (Lipinski definition) is 5. The van der Waals surface area contributed by atoms with Crippen molar-refractivity contribution in [2.45, 2.75) is 20.1 Å². The van der Waals surface area contributed by atoms with Crippen molar-refractivity contribution < 1.29 is 9.15 Å². The first-order chi connectivity index (χ1) is 12.2. The van der Waals surface area contributed by atoms with Crippen LogP contribution in [0.2, 0.25) is 0 Å². The van der Waals surface area contributed by atoms with Crippen molar-refractivity contribution in [2.24, 2.45) is 0 Å². The molecule has 5 nitrogen and oxygen atoms in total. The third kappa shape index (κ3) is 4.18. The summed E-state index contributed by atoms with van der Waals surface area (Å²) in [6, 6.07) is 19.8. The Balaban J connectivity index is 1.70. The van der Waals surface area contributed by atoms with E-state index in [1.165, 1.54) is 5.56 Å². The molecule has 0 spiro atoms. The summed E-state index contributed by atoms with van der Waals surface area (Å²) >= 11 is 0. The summed E-state index contributed by atoms with van der Waals surface area (Å²) in [4.78, 5) is 6.10. The number of anilines is 1. The Kier molecular flexibility index (Phi) is 5.00. The molecular weight excluding hydrogens is 314 g/mol. The van der Waals surface area contributed by atoms with Crippen LogP contribution in [-0.2, 0) is 13.2 Å². The molecule has 0 radical (unpaired) electrons. The van der Waals surface area contributed by atoms with Crippen LogP contribution in [0.3, 0.4) is 0 Å². The van der Waals surface area contributed by atoms with E-state index in [2.05, 4.69) is 11.1 Å². The lowest BCUT2D eigenvalue weighted by molar-refractivity contribution is 0.263. The monoisotopic (exact) mass is 333 g/mol. The third-order valence-electron chi connectivity index (χ3n) is 3.75. The minimum Gasteiger partial charge on any atom is -0.484 e. The predicted octanol–water partition coefficient (Wildman–Crippen LogP) is 4.07. The quantitative estimate of drug-likeness (QED) is 0.680. The zero-order valence-electron chi connectivity index (χ0n) is 14.3. The molecule has 3 rings (SSSR count). The van der Waals surface area contributed by atoms with E-state index < -0.39 is 0 Å². The highest BCUT2D eigenvalue weighted by Gasteiger charge is 2.17. The van der Waals surface area contributed by atoms with Crippen molar-refractivity contribution in [2.75, 3.05) is 11.9 Å². The van der Waals surface area contributed by atoms with Crippen LogP contribution < -0.4 is 9.64 Å². The van der Waals surface area contributed by atoms with Gasteiger partial charge in [-0.05, 0) is 24.6 Å². The maximum Gasteiger partial charge on any atom is 0.236 e. The number of aryl methyl sites for hydroxylation is 1. The number of hydrogen-bond donors (Lipinski definition) is 0. The molecule has 126 valence electrons. The van der Waals surface area contributed by atoms with Gasteiger partial charge in [0.15, 0.2) is 6.61 Å². The highest BCUT2D eigenvalue weighted by atomic mass is 16.5. The summed E-state index contributed by atoms with van der Waals surface area (Å²) in [6.45, 7) is 2.83. The van der Waals surface area contributed by atoms with Crippen molar-refractivity contribution in [3.63, 3.8) is 0 Å². The molecule has 0 saturated heterocycles. The van der Waals surface area contributed by atoms with Gasteiger partial charge in [0.1, 0.15) is 11.8 Å². The van der Waals surface area contributed by atoms with E-state index in [-0.39, 0.29) is 12.3 Å². The molecule has 1 heterocycles. The zero-order valence-corrected chi connectivity index (χ0v) is 14.3. The highest BCUT2D eigenvalue weighted by molar-refractivity contribution is 5.47. The summed E-state index contributed by atoms with van der Waals surface area (Å²) in [6.07, 6.45) is 0. The molecule has 0 N–H and O–H groups in total. The molecule has 0 fully saturated rings. The van der Waals surface area contributed by atoms with E-state index in [0.717, 1.165) is 11.3 Å². The Morgan fingerprint density at radius 3 is 2.52 bits per heavy atom. The number of nitrogens with zero attached hydrogens (tertiary/aromatic N) is 3. The van der Waals surface area contributed by atoms with Gasteiger partial charge in [-0.25, -0.2) is 0 Å². The molecule has 2 aromatic carbocycles. The molecule has 0 unspecified atom stereocenters. The van der Waals surface area contributed by atoms with Crippen LogP contribution in [0.5, 0.6) is 5.75 Å². The van der Waals surface area contributed by atoms with E-state index >= 15 is 0 Å². The number of aromatic nitrogens is 1. The summed E-state index contributed by atoms with van der Waals surface area (Å²) in [5.41, 5.74) is 2.56. The molecule has 0 saturated carbocycles. The van der Waals surface area contributed by atoms with Gasteiger partial charge in [0.05, 0.1) is 0 Å². The second-order valence-electron chi connectivity index (χ2n) is 5.82. The summed E-state index contributed by atoms with van der Waals surface area (Å²) < 4.78 is 11.4. The fourth-order valence-corrected chi connectivity index (χ4v) is 2.46. The average Bonchev–Trinajstić information content (AvgIpc) is 3.06. The van der Waals surface area contributed by atoms with Crippen LogP contribution in [0.4, 0.5) is 5.88 Å². The molecule has 0 atom stereocenters. The van der Waals surface area contributed by atoms with Crippen LogP contribution in [0.15, 0.2) is 59.0 Å². The smallest absolute Gasteiger partial charge is 0.236 e. The van der Waals surface area contributed by atoms with E-state index in [4.69, 9.17) is 9.15 Å². The van der Waals surface area contributed by atoms with Crippen molar-refractivity contribution in [3.05, 3.63) is 77.3 Å². The van der Waals surface area contributed by atoms with E-state index in [1.807, 2.05) is 73.5 Å². The maximum atomic E-state index is 9.32. The van der Waals surface area contributed by atoms with Crippen LogP contribution in [0, 0.1) is 18.3 Å². The van der Waals surface area contributed by atoms with Crippen molar-refractivity contribution in [3.8, 4) is 11.8 Å². The van der Waals surface area contributed by atoms with Gasteiger partial charge in [0.2, 0.25) is 17.5 Å². The fraction of sp³-hybridized carbons (Fsp3) is 0.200. The Morgan fingerprint density at radius 2 is 1.84 bits per heavy atom. The lowest BCUT2D eigenvalue weighted by atomic mass is 10.2. The third-order valence-corrected chi connectivity index (χ3v) is 3.75. The second-order valence-corrected chi connectivity index (χ2v) is 5.82. The van der Waals surface area contributed by atoms with Crippen molar-refractivity contribution >= 4 is 5.88 Å². The standard InChI is InChI=1S/C20H19N3O2/c1-15-8-10-17(11-9-15)24-14-19-22-18(12-21)20(25-19)23(2)13-16-6-4-3-5-7-16/h3-11H,13-14H2,1-2H3. The first-order valence-electron chi connectivity index (χ1n) is 8.00. The van der Waals surface area contributed by atoms with Gasteiger partial charge in [-0.1, -0.05) is 48.0 Å². The van der Waals surface area contributed by atoms with Crippen LogP contribution in [0.1, 0.15) is 22.7 Å². The first kappa shape index (κ1) is 16.6. The van der Waals surface area contributed by atoms with Crippen molar-refractivity contribution in [1.29, 1.82) is 5.26 Å². The van der Waals surface area contributed by atoms with Crippen LogP contribution in [0.25, 0.3) is 0 Å². The van der Waals surface area contributed by atoms with Gasteiger partial charge in [-0.3, -0.25) is 0 Å². The van der Waals surface area contributed by atoms with E-state index in [9.17, 15) is 5.26 Å². The van der Waals surface area contributed by atoms with Crippen molar-refractivity contribution in [1.82, 2.24) is 4.98 Å². The Labute approximate surface area is 147 Å². The number of benzene rings is 2. The SMILES string of the molecule is Cc1ccc(OCc2nc(C#N)c(N(C)Cc3ccccc3)o2)cc1. The van der Waals surface area contributed by atoms with Gasteiger partial charge in [0.25, 0.3) is 0 Å². The Bertz CT molecular complexity index is 864. The van der Waals surface area contributed by atoms with Crippen LogP contribution >= 0.6 is 0 Å². The number of rotatable bonds is 6. The molecule has 5 heteroatoms. The molecule has 25 heavy (non-hydrogen) atoms. The molecule has 0 aliphatic rings. The Morgan fingerprint density at radius 1 is 1.12 bits per heavy atom. The molecular formula is C20H19N3O2. The topological polar surface area (TPSA) is 62.3 Å². The van der Waals surface area contributed by atoms with Crippen LogP contribution in [-0.4, -0.2) is 12.0 Å². The minimum absolute atomic E-state index is 0.177. The molecule has 0 bridgehead atoms. The fourth-order valence-electron chi connectivity index (χ4n) is 2.46. The Hall–Kier alpha value is -3.26. The van der Waals surface area contributed by atoms with Gasteiger partial charge in [-0.2, -0.15) is 10.2 Å². The predicted molar refractivity (Wildman–Crippen MR) is 95.3 cm³/mol. The lowest BCUT2D eigenvalue weighted by Gasteiger charge is -2.15. The molecule has 0 aliphatic heterocycles. The van der Waals surface area contributed by atoms with Gasteiger partial charge in [-0.15, -0.1) is 0 Å². The summed E-state index contributed by atoms with van der Waals surface area (Å²) in [5.74, 6) is 1.57. The minimum atomic E-state index is 0.177. The second kappa shape index (κ2) is 7.54. The first-order valence-corrected chi connectivity index (χ1v) is 8.00. The summed E-state index contributed by atoms with van der Waals surface area (Å²) in [7, 11) is 1.87. The number of oxazole rings is 1. The molecule has 0 amide bonds. The normalized spacial score (nSPS) is 10.3. The van der Waals surface area contributed by atoms with Gasteiger partial charge < -0.3 is 14.1 Å². The van der Waals surface area contributed by atoms with E-state index in [1.54, 1.807) is 0 Å². The highest BCUT2D eigenvalue weighted by Crippen LogP contribution is 2.23.